The van der Waals surface area contributed by atoms with Crippen molar-refractivity contribution in [3.63, 3.8) is 0 Å². The molecule has 0 unspecified atom stereocenters. The zero-order valence-electron chi connectivity index (χ0n) is 7.75. The Morgan fingerprint density at radius 3 is 2.92 bits per heavy atom. The first kappa shape index (κ1) is 8.09. The second-order valence-corrected chi connectivity index (χ2v) is 4.16. The van der Waals surface area contributed by atoms with Gasteiger partial charge in [0.05, 0.1) is 0 Å². The molecule has 0 aromatic heterocycles. The van der Waals surface area contributed by atoms with Gasteiger partial charge in [-0.15, -0.1) is 0 Å². The summed E-state index contributed by atoms with van der Waals surface area (Å²) in [5.41, 5.74) is 0. The second kappa shape index (κ2) is 3.08. The second-order valence-electron chi connectivity index (χ2n) is 4.16. The zero-order chi connectivity index (χ0) is 8.55. The molecule has 68 valence electrons. The molecular formula is C10H17NO. The summed E-state index contributed by atoms with van der Waals surface area (Å²) < 4.78 is 0. The molecule has 0 bridgehead atoms. The van der Waals surface area contributed by atoms with Gasteiger partial charge in [0.25, 0.3) is 0 Å². The number of hydrogen-bond donors (Lipinski definition) is 0. The maximum absolute atomic E-state index is 11.7. The smallest absolute Gasteiger partial charge is 0.225 e. The number of nitrogens with zero attached hydrogens (tertiary/aromatic N) is 1. The lowest BCUT2D eigenvalue weighted by atomic mass is 9.88. The lowest BCUT2D eigenvalue weighted by Gasteiger charge is -2.41. The molecule has 1 amide bonds. The molecule has 2 aliphatic heterocycles. The molecule has 2 aliphatic rings. The Kier molecular flexibility index (Phi) is 2.07. The van der Waals surface area contributed by atoms with Crippen LogP contribution in [0.3, 0.4) is 0 Å². The number of amides is 1. The Labute approximate surface area is 73.9 Å². The summed E-state index contributed by atoms with van der Waals surface area (Å²) in [5, 5.41) is 0. The van der Waals surface area contributed by atoms with E-state index in [2.05, 4.69) is 11.8 Å². The highest BCUT2D eigenvalue weighted by atomic mass is 16.2. The number of rotatable bonds is 0. The molecule has 2 saturated heterocycles. The van der Waals surface area contributed by atoms with Crippen LogP contribution in [0.5, 0.6) is 0 Å². The van der Waals surface area contributed by atoms with Crippen molar-refractivity contribution in [1.29, 1.82) is 0 Å². The molecule has 0 aromatic rings. The zero-order valence-corrected chi connectivity index (χ0v) is 7.75. The molecule has 2 heteroatoms. The maximum atomic E-state index is 11.7. The number of carbonyl (C=O) groups is 1. The van der Waals surface area contributed by atoms with Crippen LogP contribution in [0.4, 0.5) is 0 Å². The Morgan fingerprint density at radius 1 is 1.25 bits per heavy atom. The largest absolute Gasteiger partial charge is 0.339 e. The molecule has 0 spiro atoms. The third-order valence-corrected chi connectivity index (χ3v) is 3.26. The number of piperidine rings is 2. The summed E-state index contributed by atoms with van der Waals surface area (Å²) >= 11 is 0. The van der Waals surface area contributed by atoms with Crippen molar-refractivity contribution >= 4 is 5.91 Å². The van der Waals surface area contributed by atoms with Gasteiger partial charge < -0.3 is 4.90 Å². The number of hydrogen-bond acceptors (Lipinski definition) is 1. The summed E-state index contributed by atoms with van der Waals surface area (Å²) in [6.45, 7) is 3.08. The lowest BCUT2D eigenvalue weighted by molar-refractivity contribution is -0.142. The van der Waals surface area contributed by atoms with Crippen LogP contribution in [0.2, 0.25) is 0 Å². The normalized spacial score (nSPS) is 36.4. The van der Waals surface area contributed by atoms with Gasteiger partial charge in [-0.2, -0.15) is 0 Å². The molecule has 12 heavy (non-hydrogen) atoms. The van der Waals surface area contributed by atoms with Crippen LogP contribution in [0.15, 0.2) is 0 Å². The van der Waals surface area contributed by atoms with Gasteiger partial charge in [0.1, 0.15) is 0 Å². The van der Waals surface area contributed by atoms with Crippen molar-refractivity contribution in [3.05, 3.63) is 0 Å². The predicted molar refractivity (Wildman–Crippen MR) is 47.8 cm³/mol. The first-order valence-electron chi connectivity index (χ1n) is 5.09. The minimum Gasteiger partial charge on any atom is -0.339 e. The first-order valence-corrected chi connectivity index (χ1v) is 5.09. The molecule has 0 radical (unpaired) electrons. The van der Waals surface area contributed by atoms with E-state index in [0.717, 1.165) is 13.0 Å². The minimum atomic E-state index is 0.291. The predicted octanol–water partition coefficient (Wildman–Crippen LogP) is 1.80. The standard InChI is InChI=1S/C10H17NO/c1-8-5-6-9-4-2-3-7-11(9)10(8)12/h8-9H,2-7H2,1H3/t8-,9+/m1/s1. The van der Waals surface area contributed by atoms with Gasteiger partial charge in [-0.25, -0.2) is 0 Å². The van der Waals surface area contributed by atoms with Crippen LogP contribution >= 0.6 is 0 Å². The monoisotopic (exact) mass is 167 g/mol. The van der Waals surface area contributed by atoms with Crippen LogP contribution in [0.1, 0.15) is 39.0 Å². The SMILES string of the molecule is C[C@@H]1CC[C@@H]2CCCCN2C1=O. The van der Waals surface area contributed by atoms with Crippen LogP contribution in [-0.2, 0) is 4.79 Å². The molecular weight excluding hydrogens is 150 g/mol. The van der Waals surface area contributed by atoms with E-state index >= 15 is 0 Å². The Hall–Kier alpha value is -0.530. The number of carbonyl (C=O) groups excluding carboxylic acids is 1. The topological polar surface area (TPSA) is 20.3 Å². The van der Waals surface area contributed by atoms with Crippen molar-refractivity contribution in [2.45, 2.75) is 45.1 Å². The van der Waals surface area contributed by atoms with Crippen molar-refractivity contribution in [1.82, 2.24) is 4.90 Å². The van der Waals surface area contributed by atoms with E-state index in [1.54, 1.807) is 0 Å². The highest BCUT2D eigenvalue weighted by Crippen LogP contribution is 2.29. The number of fused-ring (bicyclic) bond motifs is 1. The molecule has 2 heterocycles. The van der Waals surface area contributed by atoms with Crippen LogP contribution in [0, 0.1) is 5.92 Å². The summed E-state index contributed by atoms with van der Waals surface area (Å²) in [5.74, 6) is 0.699. The summed E-state index contributed by atoms with van der Waals surface area (Å²) in [4.78, 5) is 13.8. The average Bonchev–Trinajstić information content (AvgIpc) is 2.12. The molecule has 0 N–H and O–H groups in total. The minimum absolute atomic E-state index is 0.291. The first-order chi connectivity index (χ1) is 5.79. The van der Waals surface area contributed by atoms with Gasteiger partial charge in [0, 0.05) is 18.5 Å². The quantitative estimate of drug-likeness (QED) is 0.538. The van der Waals surface area contributed by atoms with Gasteiger partial charge in [-0.1, -0.05) is 6.92 Å². The fraction of sp³-hybridized carbons (Fsp3) is 0.900. The van der Waals surface area contributed by atoms with E-state index in [1.165, 1.54) is 25.7 Å². The molecule has 2 atom stereocenters. The van der Waals surface area contributed by atoms with Crippen LogP contribution in [-0.4, -0.2) is 23.4 Å². The molecule has 2 rings (SSSR count). The fourth-order valence-corrected chi connectivity index (χ4v) is 2.44. The average molecular weight is 167 g/mol. The Bertz CT molecular complexity index is 190. The lowest BCUT2D eigenvalue weighted by Crippen LogP contribution is -2.49. The van der Waals surface area contributed by atoms with E-state index in [4.69, 9.17) is 0 Å². The summed E-state index contributed by atoms with van der Waals surface area (Å²) in [7, 11) is 0. The molecule has 2 nitrogen and oxygen atoms in total. The van der Waals surface area contributed by atoms with Gasteiger partial charge in [0.2, 0.25) is 5.91 Å². The van der Waals surface area contributed by atoms with Crippen molar-refractivity contribution < 1.29 is 4.79 Å². The Balaban J connectivity index is 2.08. The highest BCUT2D eigenvalue weighted by Gasteiger charge is 2.33. The van der Waals surface area contributed by atoms with E-state index < -0.39 is 0 Å². The molecule has 0 saturated carbocycles. The summed E-state index contributed by atoms with van der Waals surface area (Å²) in [6.07, 6.45) is 6.14. The molecule has 2 fully saturated rings. The molecule has 0 aliphatic carbocycles. The van der Waals surface area contributed by atoms with Crippen molar-refractivity contribution in [2.24, 2.45) is 5.92 Å². The van der Waals surface area contributed by atoms with Crippen molar-refractivity contribution in [2.75, 3.05) is 6.54 Å². The van der Waals surface area contributed by atoms with Gasteiger partial charge in [0.15, 0.2) is 0 Å². The fourth-order valence-electron chi connectivity index (χ4n) is 2.44. The third kappa shape index (κ3) is 1.23. The molecule has 0 aromatic carbocycles. The van der Waals surface area contributed by atoms with Crippen LogP contribution < -0.4 is 0 Å². The van der Waals surface area contributed by atoms with Crippen LogP contribution in [0.25, 0.3) is 0 Å². The Morgan fingerprint density at radius 2 is 2.08 bits per heavy atom. The highest BCUT2D eigenvalue weighted by molar-refractivity contribution is 5.79. The van der Waals surface area contributed by atoms with Gasteiger partial charge in [-0.05, 0) is 32.1 Å². The van der Waals surface area contributed by atoms with Crippen molar-refractivity contribution in [3.8, 4) is 0 Å². The third-order valence-electron chi connectivity index (χ3n) is 3.26. The van der Waals surface area contributed by atoms with E-state index in [0.29, 0.717) is 17.9 Å². The summed E-state index contributed by atoms with van der Waals surface area (Å²) in [6, 6.07) is 0.599. The van der Waals surface area contributed by atoms with E-state index in [9.17, 15) is 4.79 Å². The van der Waals surface area contributed by atoms with E-state index in [-0.39, 0.29) is 0 Å². The maximum Gasteiger partial charge on any atom is 0.225 e. The van der Waals surface area contributed by atoms with Gasteiger partial charge >= 0.3 is 0 Å². The van der Waals surface area contributed by atoms with E-state index in [1.807, 2.05) is 0 Å². The van der Waals surface area contributed by atoms with Gasteiger partial charge in [-0.3, -0.25) is 4.79 Å².